The van der Waals surface area contributed by atoms with Gasteiger partial charge >= 0.3 is 0 Å². The average Bonchev–Trinajstić information content (AvgIpc) is 3.04. The van der Waals surface area contributed by atoms with Crippen molar-refractivity contribution in [3.8, 4) is 5.69 Å². The minimum absolute atomic E-state index is 0.813. The lowest BCUT2D eigenvalue weighted by atomic mass is 9.93. The van der Waals surface area contributed by atoms with Crippen LogP contribution < -0.4 is 5.73 Å². The van der Waals surface area contributed by atoms with Crippen molar-refractivity contribution in [1.82, 2.24) is 9.78 Å². The Hall–Kier alpha value is -1.77. The van der Waals surface area contributed by atoms with Gasteiger partial charge in [-0.15, -0.1) is 0 Å². The third kappa shape index (κ3) is 5.18. The number of nitrogens with zero attached hydrogens (tertiary/aromatic N) is 2. The minimum Gasteiger partial charge on any atom is -0.383 e. The van der Waals surface area contributed by atoms with E-state index < -0.39 is 0 Å². The van der Waals surface area contributed by atoms with Crippen molar-refractivity contribution < 1.29 is 0 Å². The van der Waals surface area contributed by atoms with E-state index in [2.05, 4.69) is 46.6 Å². The molecule has 3 heteroatoms. The number of unbranched alkanes of at least 4 members (excludes halogenated alkanes) is 8. The quantitative estimate of drug-likeness (QED) is 0.422. The molecule has 0 unspecified atom stereocenters. The summed E-state index contributed by atoms with van der Waals surface area (Å²) in [5, 5.41) is 4.67. The van der Waals surface area contributed by atoms with E-state index in [1.54, 1.807) is 0 Å². The first-order valence-electron chi connectivity index (χ1n) is 11.3. The highest BCUT2D eigenvalue weighted by molar-refractivity contribution is 5.60. The van der Waals surface area contributed by atoms with Crippen LogP contribution in [0, 0.1) is 34.6 Å². The molecule has 2 N–H and O–H groups in total. The number of nitrogen functional groups attached to an aromatic ring is 1. The maximum Gasteiger partial charge on any atom is 0.130 e. The van der Waals surface area contributed by atoms with Gasteiger partial charge in [0.1, 0.15) is 5.82 Å². The van der Waals surface area contributed by atoms with Gasteiger partial charge in [0, 0.05) is 5.56 Å². The Morgan fingerprint density at radius 1 is 0.714 bits per heavy atom. The third-order valence-corrected chi connectivity index (χ3v) is 6.61. The zero-order valence-electron chi connectivity index (χ0n) is 19.1. The Morgan fingerprint density at radius 3 is 1.71 bits per heavy atom. The van der Waals surface area contributed by atoms with Gasteiger partial charge in [0.25, 0.3) is 0 Å². The molecule has 2 aromatic rings. The highest BCUT2D eigenvalue weighted by atomic mass is 15.3. The Kier molecular flexibility index (Phi) is 8.59. The smallest absolute Gasteiger partial charge is 0.130 e. The molecule has 0 saturated carbocycles. The summed E-state index contributed by atoms with van der Waals surface area (Å²) in [5.74, 6) is 0.813. The molecule has 2 rings (SSSR count). The van der Waals surface area contributed by atoms with Crippen LogP contribution in [0.3, 0.4) is 0 Å². The maximum absolute atomic E-state index is 6.52. The Bertz CT molecular complexity index is 742. The summed E-state index contributed by atoms with van der Waals surface area (Å²) in [6.07, 6.45) is 15.1. The summed E-state index contributed by atoms with van der Waals surface area (Å²) >= 11 is 0. The highest BCUT2D eigenvalue weighted by Crippen LogP contribution is 2.31. The summed E-state index contributed by atoms with van der Waals surface area (Å²) < 4.78 is 1.97. The molecule has 3 nitrogen and oxygen atoms in total. The van der Waals surface area contributed by atoms with Crippen LogP contribution in [-0.2, 0) is 6.42 Å². The zero-order valence-corrected chi connectivity index (χ0v) is 19.1. The van der Waals surface area contributed by atoms with Crippen molar-refractivity contribution >= 4 is 5.82 Å². The van der Waals surface area contributed by atoms with E-state index in [9.17, 15) is 0 Å². The fraction of sp³-hybridized carbons (Fsp3) is 0.640. The van der Waals surface area contributed by atoms with Crippen LogP contribution in [0.4, 0.5) is 5.82 Å². The van der Waals surface area contributed by atoms with Crippen LogP contribution in [0.5, 0.6) is 0 Å². The van der Waals surface area contributed by atoms with Gasteiger partial charge in [-0.25, -0.2) is 4.68 Å². The van der Waals surface area contributed by atoms with Gasteiger partial charge in [-0.05, 0) is 75.3 Å². The molecule has 0 saturated heterocycles. The lowest BCUT2D eigenvalue weighted by Crippen LogP contribution is -2.10. The summed E-state index contributed by atoms with van der Waals surface area (Å²) in [7, 11) is 0. The Labute approximate surface area is 172 Å². The second-order valence-corrected chi connectivity index (χ2v) is 8.52. The molecule has 0 aliphatic carbocycles. The van der Waals surface area contributed by atoms with Crippen molar-refractivity contribution in [2.24, 2.45) is 0 Å². The largest absolute Gasteiger partial charge is 0.383 e. The number of rotatable bonds is 11. The molecular weight excluding hydrogens is 342 g/mol. The van der Waals surface area contributed by atoms with Crippen LogP contribution >= 0.6 is 0 Å². The van der Waals surface area contributed by atoms with Gasteiger partial charge in [0.2, 0.25) is 0 Å². The van der Waals surface area contributed by atoms with Gasteiger partial charge in [-0.2, -0.15) is 5.10 Å². The van der Waals surface area contributed by atoms with Crippen LogP contribution in [0.15, 0.2) is 6.20 Å². The standard InChI is InChI=1S/C25H41N3/c1-7-8-9-10-11-12-13-14-15-16-23-17-27-28(25(23)26)24-21(5)19(3)18(2)20(4)22(24)6/h17H,7-16,26H2,1-6H3. The average molecular weight is 384 g/mol. The summed E-state index contributed by atoms with van der Waals surface area (Å²) in [6, 6.07) is 0. The summed E-state index contributed by atoms with van der Waals surface area (Å²) in [6.45, 7) is 13.2. The number of benzene rings is 1. The van der Waals surface area contributed by atoms with Gasteiger partial charge in [-0.3, -0.25) is 0 Å². The van der Waals surface area contributed by atoms with E-state index in [0.29, 0.717) is 0 Å². The summed E-state index contributed by atoms with van der Waals surface area (Å²) in [4.78, 5) is 0. The van der Waals surface area contributed by atoms with E-state index in [1.807, 2.05) is 10.9 Å². The van der Waals surface area contributed by atoms with E-state index in [-0.39, 0.29) is 0 Å². The van der Waals surface area contributed by atoms with Gasteiger partial charge in [0.05, 0.1) is 11.9 Å². The molecule has 0 aliphatic heterocycles. The fourth-order valence-corrected chi connectivity index (χ4v) is 4.19. The highest BCUT2D eigenvalue weighted by Gasteiger charge is 2.17. The SMILES string of the molecule is CCCCCCCCCCCc1cnn(-c2c(C)c(C)c(C)c(C)c2C)c1N. The van der Waals surface area contributed by atoms with Crippen molar-refractivity contribution in [3.05, 3.63) is 39.6 Å². The van der Waals surface area contributed by atoms with E-state index >= 15 is 0 Å². The molecule has 1 heterocycles. The number of aromatic nitrogens is 2. The molecule has 0 bridgehead atoms. The first kappa shape index (κ1) is 22.5. The topological polar surface area (TPSA) is 43.8 Å². The molecule has 0 atom stereocenters. The predicted octanol–water partition coefficient (Wildman–Crippen LogP) is 7.07. The number of hydrogen-bond acceptors (Lipinski definition) is 2. The number of aryl methyl sites for hydroxylation is 1. The fourth-order valence-electron chi connectivity index (χ4n) is 4.19. The molecule has 28 heavy (non-hydrogen) atoms. The third-order valence-electron chi connectivity index (χ3n) is 6.61. The van der Waals surface area contributed by atoms with Crippen LogP contribution in [0.2, 0.25) is 0 Å². The monoisotopic (exact) mass is 383 g/mol. The second-order valence-electron chi connectivity index (χ2n) is 8.52. The number of nitrogens with two attached hydrogens (primary N) is 1. The van der Waals surface area contributed by atoms with E-state index in [4.69, 9.17) is 5.73 Å². The number of anilines is 1. The molecule has 156 valence electrons. The van der Waals surface area contributed by atoms with Gasteiger partial charge < -0.3 is 5.73 Å². The lowest BCUT2D eigenvalue weighted by molar-refractivity contribution is 0.565. The molecule has 0 fully saturated rings. The van der Waals surface area contributed by atoms with E-state index in [1.165, 1.54) is 91.2 Å². The van der Waals surface area contributed by atoms with Crippen molar-refractivity contribution in [3.63, 3.8) is 0 Å². The van der Waals surface area contributed by atoms with Crippen molar-refractivity contribution in [1.29, 1.82) is 0 Å². The summed E-state index contributed by atoms with van der Waals surface area (Å²) in [5.41, 5.74) is 15.5. The molecule has 0 aliphatic rings. The number of hydrogen-bond donors (Lipinski definition) is 1. The van der Waals surface area contributed by atoms with Gasteiger partial charge in [0.15, 0.2) is 0 Å². The molecule has 0 amide bonds. The van der Waals surface area contributed by atoms with Crippen molar-refractivity contribution in [2.45, 2.75) is 106 Å². The molecule has 1 aromatic carbocycles. The zero-order chi connectivity index (χ0) is 20.7. The van der Waals surface area contributed by atoms with Crippen LogP contribution in [0.1, 0.15) is 98.1 Å². The first-order valence-corrected chi connectivity index (χ1v) is 11.3. The van der Waals surface area contributed by atoms with Crippen LogP contribution in [0.25, 0.3) is 5.69 Å². The first-order chi connectivity index (χ1) is 13.4. The van der Waals surface area contributed by atoms with Crippen LogP contribution in [-0.4, -0.2) is 9.78 Å². The molecule has 0 radical (unpaired) electrons. The van der Waals surface area contributed by atoms with Gasteiger partial charge in [-0.1, -0.05) is 58.3 Å². The Balaban J connectivity index is 1.95. The normalized spacial score (nSPS) is 11.4. The molecule has 0 spiro atoms. The minimum atomic E-state index is 0.813. The van der Waals surface area contributed by atoms with E-state index in [0.717, 1.165) is 17.9 Å². The predicted molar refractivity (Wildman–Crippen MR) is 123 cm³/mol. The maximum atomic E-state index is 6.52. The van der Waals surface area contributed by atoms with Crippen molar-refractivity contribution in [2.75, 3.05) is 5.73 Å². The Morgan fingerprint density at radius 2 is 1.18 bits per heavy atom. The lowest BCUT2D eigenvalue weighted by Gasteiger charge is -2.19. The molecule has 1 aromatic heterocycles. The molecular formula is C25H41N3. The second kappa shape index (κ2) is 10.7.